The fourth-order valence-electron chi connectivity index (χ4n) is 5.38. The van der Waals surface area contributed by atoms with Gasteiger partial charge in [-0.05, 0) is 75.5 Å². The zero-order valence-corrected chi connectivity index (χ0v) is 20.1. The summed E-state index contributed by atoms with van der Waals surface area (Å²) in [7, 11) is -3.83. The van der Waals surface area contributed by atoms with Crippen molar-refractivity contribution in [2.45, 2.75) is 81.7 Å². The molecule has 4 saturated carbocycles. The summed E-state index contributed by atoms with van der Waals surface area (Å²) in [4.78, 5) is 39.5. The number of carbonyl (C=O) groups excluding carboxylic acids is 1. The van der Waals surface area contributed by atoms with Crippen LogP contribution in [0.15, 0.2) is 32.7 Å². The maximum Gasteiger partial charge on any atom is 0.350 e. The van der Waals surface area contributed by atoms with Gasteiger partial charge in [0.2, 0.25) is 15.9 Å². The molecule has 10 heteroatoms. The van der Waals surface area contributed by atoms with Gasteiger partial charge in [-0.2, -0.15) is 4.68 Å². The summed E-state index contributed by atoms with van der Waals surface area (Å²) >= 11 is 0. The zero-order chi connectivity index (χ0) is 23.9. The van der Waals surface area contributed by atoms with Crippen LogP contribution in [0.2, 0.25) is 0 Å². The number of sulfonamides is 1. The maximum absolute atomic E-state index is 13.4. The number of rotatable bonds is 7. The van der Waals surface area contributed by atoms with Gasteiger partial charge in [-0.3, -0.25) is 19.6 Å². The molecule has 0 atom stereocenters. The van der Waals surface area contributed by atoms with Gasteiger partial charge in [-0.15, -0.1) is 0 Å². The van der Waals surface area contributed by atoms with Crippen LogP contribution in [0.4, 0.5) is 0 Å². The minimum absolute atomic E-state index is 0.0194. The molecule has 1 aromatic carbocycles. The Balaban J connectivity index is 1.46. The summed E-state index contributed by atoms with van der Waals surface area (Å²) < 4.78 is 31.0. The summed E-state index contributed by atoms with van der Waals surface area (Å²) in [6.45, 7) is 2.28. The Morgan fingerprint density at radius 3 is 2.41 bits per heavy atom. The molecular formula is C24H30N4O5S. The van der Waals surface area contributed by atoms with Crippen LogP contribution in [0.25, 0.3) is 10.9 Å². The quantitative estimate of drug-likeness (QED) is 0.621. The summed E-state index contributed by atoms with van der Waals surface area (Å²) in [6, 6.07) is 4.33. The molecule has 0 radical (unpaired) electrons. The summed E-state index contributed by atoms with van der Waals surface area (Å²) in [5, 5.41) is 0.111. The van der Waals surface area contributed by atoms with Crippen molar-refractivity contribution in [3.8, 4) is 0 Å². The van der Waals surface area contributed by atoms with Gasteiger partial charge >= 0.3 is 5.69 Å². The van der Waals surface area contributed by atoms with Gasteiger partial charge in [0.05, 0.1) is 21.2 Å². The molecule has 1 aromatic heterocycles. The van der Waals surface area contributed by atoms with E-state index in [0.29, 0.717) is 23.9 Å². The van der Waals surface area contributed by atoms with Crippen molar-refractivity contribution in [3.05, 3.63) is 39.0 Å². The lowest BCUT2D eigenvalue weighted by Gasteiger charge is -2.24. The van der Waals surface area contributed by atoms with Gasteiger partial charge < -0.3 is 0 Å². The highest BCUT2D eigenvalue weighted by molar-refractivity contribution is 7.89. The van der Waals surface area contributed by atoms with Gasteiger partial charge in [-0.25, -0.2) is 17.9 Å². The fourth-order valence-corrected chi connectivity index (χ4v) is 6.87. The monoisotopic (exact) mass is 486 g/mol. The first-order valence-corrected chi connectivity index (χ1v) is 13.8. The van der Waals surface area contributed by atoms with E-state index in [2.05, 4.69) is 10.1 Å². The van der Waals surface area contributed by atoms with Crippen molar-refractivity contribution >= 4 is 26.8 Å². The first-order valence-electron chi connectivity index (χ1n) is 12.3. The van der Waals surface area contributed by atoms with Crippen LogP contribution < -0.4 is 21.4 Å². The number of aromatic nitrogens is 2. The lowest BCUT2D eigenvalue weighted by atomic mass is 9.89. The van der Waals surface area contributed by atoms with E-state index in [0.717, 1.165) is 56.0 Å². The molecule has 0 spiro atoms. The third kappa shape index (κ3) is 3.62. The van der Waals surface area contributed by atoms with Crippen LogP contribution >= 0.6 is 0 Å². The molecule has 0 bridgehead atoms. The molecule has 2 aromatic rings. The maximum atomic E-state index is 13.4. The van der Waals surface area contributed by atoms with E-state index in [4.69, 9.17) is 0 Å². The topological polar surface area (TPSA) is 119 Å². The first kappa shape index (κ1) is 22.0. The lowest BCUT2D eigenvalue weighted by molar-refractivity contribution is -0.120. The molecular weight excluding hydrogens is 456 g/mol. The second-order valence-electron chi connectivity index (χ2n) is 11.1. The normalized spacial score (nSPS) is 27.3. The minimum atomic E-state index is -3.83. The van der Waals surface area contributed by atoms with Crippen molar-refractivity contribution < 1.29 is 13.2 Å². The predicted octanol–water partition coefficient (Wildman–Crippen LogP) is 2.05. The molecule has 0 unspecified atom stereocenters. The molecule has 0 aliphatic heterocycles. The molecule has 182 valence electrons. The third-order valence-electron chi connectivity index (χ3n) is 8.32. The SMILES string of the molecule is CC1(NS(=O)(=O)c2ccc3c(c2)c(=O)n(NC(=O)C24CC2C4)c(=O)n3CC2CCCCC2)CC1. The van der Waals surface area contributed by atoms with Gasteiger partial charge in [0, 0.05) is 12.1 Å². The highest BCUT2D eigenvalue weighted by Gasteiger charge is 2.74. The van der Waals surface area contributed by atoms with Crippen molar-refractivity contribution in [2.24, 2.45) is 17.3 Å². The molecule has 1 amide bonds. The highest BCUT2D eigenvalue weighted by atomic mass is 32.2. The number of nitrogens with zero attached hydrogens (tertiary/aromatic N) is 2. The second kappa shape index (κ2) is 7.27. The van der Waals surface area contributed by atoms with E-state index in [1.165, 1.54) is 23.1 Å². The standard InChI is InChI=1S/C24H30N4O5S/c1-23(9-10-23)26-34(32,33)17-7-8-19-18(11-17)20(29)28(25-21(30)24-12-16(24)13-24)22(31)27(19)14-15-5-3-2-4-6-15/h7-8,11,15-16,26H,2-6,9-10,12-14H2,1H3,(H,25,30). The van der Waals surface area contributed by atoms with E-state index in [-0.39, 0.29) is 16.2 Å². The molecule has 0 saturated heterocycles. The van der Waals surface area contributed by atoms with Crippen LogP contribution in [0, 0.1) is 17.3 Å². The Bertz CT molecular complexity index is 1420. The van der Waals surface area contributed by atoms with Crippen molar-refractivity contribution in [1.29, 1.82) is 0 Å². The number of hydrogen-bond acceptors (Lipinski definition) is 5. The predicted molar refractivity (Wildman–Crippen MR) is 127 cm³/mol. The van der Waals surface area contributed by atoms with Crippen molar-refractivity contribution in [3.63, 3.8) is 0 Å². The number of benzene rings is 1. The van der Waals surface area contributed by atoms with E-state index >= 15 is 0 Å². The number of amides is 1. The smallest absolute Gasteiger partial charge is 0.291 e. The van der Waals surface area contributed by atoms with Gasteiger partial charge in [-0.1, -0.05) is 19.3 Å². The van der Waals surface area contributed by atoms with Crippen LogP contribution in [0.1, 0.15) is 64.7 Å². The largest absolute Gasteiger partial charge is 0.350 e. The molecule has 6 rings (SSSR count). The third-order valence-corrected chi connectivity index (χ3v) is 9.96. The summed E-state index contributed by atoms with van der Waals surface area (Å²) in [5.74, 6) is 0.359. The Hall–Kier alpha value is -2.46. The average Bonchev–Trinajstić information content (AvgIpc) is 3.72. The number of nitrogens with one attached hydrogen (secondary N) is 2. The Labute approximate surface area is 197 Å². The van der Waals surface area contributed by atoms with Gasteiger partial charge in [0.1, 0.15) is 0 Å². The molecule has 4 aliphatic carbocycles. The van der Waals surface area contributed by atoms with E-state index < -0.39 is 32.2 Å². The molecule has 1 heterocycles. The first-order chi connectivity index (χ1) is 16.1. The Morgan fingerprint density at radius 2 is 1.79 bits per heavy atom. The Kier molecular flexibility index (Phi) is 4.71. The zero-order valence-electron chi connectivity index (χ0n) is 19.3. The van der Waals surface area contributed by atoms with Crippen molar-refractivity contribution in [1.82, 2.24) is 14.0 Å². The molecule has 9 nitrogen and oxygen atoms in total. The highest BCUT2D eigenvalue weighted by Crippen LogP contribution is 2.75. The van der Waals surface area contributed by atoms with E-state index in [1.807, 2.05) is 6.92 Å². The van der Waals surface area contributed by atoms with Crippen LogP contribution in [-0.2, 0) is 21.4 Å². The molecule has 34 heavy (non-hydrogen) atoms. The molecule has 2 N–H and O–H groups in total. The summed E-state index contributed by atoms with van der Waals surface area (Å²) in [6.07, 6.45) is 8.50. The van der Waals surface area contributed by atoms with Gasteiger partial charge in [0.25, 0.3) is 5.56 Å². The van der Waals surface area contributed by atoms with Crippen LogP contribution in [-0.4, -0.2) is 29.1 Å². The number of hydrogen-bond donors (Lipinski definition) is 2. The van der Waals surface area contributed by atoms with Crippen LogP contribution in [0.5, 0.6) is 0 Å². The fraction of sp³-hybridized carbons (Fsp3) is 0.625. The second-order valence-corrected chi connectivity index (χ2v) is 12.8. The van der Waals surface area contributed by atoms with Crippen LogP contribution in [0.3, 0.4) is 0 Å². The number of carbonyl (C=O) groups is 1. The molecule has 4 fully saturated rings. The van der Waals surface area contributed by atoms with E-state index in [9.17, 15) is 22.8 Å². The molecule has 4 aliphatic rings. The minimum Gasteiger partial charge on any atom is -0.291 e. The number of fused-ring (bicyclic) bond motifs is 2. The van der Waals surface area contributed by atoms with E-state index in [1.54, 1.807) is 6.07 Å². The Morgan fingerprint density at radius 1 is 1.12 bits per heavy atom. The van der Waals surface area contributed by atoms with Crippen molar-refractivity contribution in [2.75, 3.05) is 5.43 Å². The lowest BCUT2D eigenvalue weighted by Crippen LogP contribution is -2.48. The summed E-state index contributed by atoms with van der Waals surface area (Å²) in [5.41, 5.74) is 0.824. The average molecular weight is 487 g/mol. The van der Waals surface area contributed by atoms with Gasteiger partial charge in [0.15, 0.2) is 0 Å².